The first-order valence-corrected chi connectivity index (χ1v) is 4.09. The summed E-state index contributed by atoms with van der Waals surface area (Å²) in [7, 11) is 2.99. The van der Waals surface area contributed by atoms with Crippen LogP contribution in [0.15, 0.2) is 16.6 Å². The van der Waals surface area contributed by atoms with E-state index in [1.165, 1.54) is 20.3 Å². The molecule has 0 saturated heterocycles. The quantitative estimate of drug-likeness (QED) is 0.850. The number of benzene rings is 1. The average molecular weight is 233 g/mol. The molecular weight excluding hydrogens is 224 g/mol. The van der Waals surface area contributed by atoms with Crippen LogP contribution in [-0.2, 0) is 0 Å². The third-order valence-corrected chi connectivity index (χ3v) is 2.08. The van der Waals surface area contributed by atoms with Crippen LogP contribution in [0.3, 0.4) is 0 Å². The maximum atomic E-state index is 9.32. The van der Waals surface area contributed by atoms with Crippen LogP contribution in [0.1, 0.15) is 0 Å². The highest BCUT2D eigenvalue weighted by Gasteiger charge is 2.11. The van der Waals surface area contributed by atoms with Crippen molar-refractivity contribution >= 4 is 15.9 Å². The molecule has 0 unspecified atom stereocenters. The summed E-state index contributed by atoms with van der Waals surface area (Å²) in [5.74, 6) is 0.905. The first-order chi connectivity index (χ1) is 5.70. The van der Waals surface area contributed by atoms with E-state index in [9.17, 15) is 5.11 Å². The molecule has 0 aliphatic heterocycles. The Morgan fingerprint density at radius 1 is 1.17 bits per heavy atom. The lowest BCUT2D eigenvalue weighted by molar-refractivity contribution is 0.331. The molecule has 4 heteroatoms. The molecule has 0 spiro atoms. The summed E-state index contributed by atoms with van der Waals surface area (Å²) >= 11 is 3.27. The average Bonchev–Trinajstić information content (AvgIpc) is 2.08. The fraction of sp³-hybridized carbons (Fsp3) is 0.250. The summed E-state index contributed by atoms with van der Waals surface area (Å²) < 4.78 is 10.7. The van der Waals surface area contributed by atoms with Crippen molar-refractivity contribution in [2.24, 2.45) is 0 Å². The Kier molecular flexibility index (Phi) is 2.81. The number of hydrogen-bond donors (Lipinski definition) is 1. The molecule has 1 rings (SSSR count). The highest BCUT2D eigenvalue weighted by molar-refractivity contribution is 9.10. The molecule has 0 fully saturated rings. The van der Waals surface area contributed by atoms with Crippen LogP contribution in [0.25, 0.3) is 0 Å². The van der Waals surface area contributed by atoms with Crippen molar-refractivity contribution in [2.45, 2.75) is 0 Å². The van der Waals surface area contributed by atoms with Crippen LogP contribution >= 0.6 is 15.9 Å². The van der Waals surface area contributed by atoms with Gasteiger partial charge in [0.1, 0.15) is 0 Å². The minimum Gasteiger partial charge on any atom is -0.504 e. The topological polar surface area (TPSA) is 38.7 Å². The molecule has 0 radical (unpaired) electrons. The Morgan fingerprint density at radius 3 is 2.17 bits per heavy atom. The predicted octanol–water partition coefficient (Wildman–Crippen LogP) is 2.17. The monoisotopic (exact) mass is 232 g/mol. The second-order valence-corrected chi connectivity index (χ2v) is 2.99. The van der Waals surface area contributed by atoms with E-state index < -0.39 is 0 Å². The molecule has 3 nitrogen and oxygen atoms in total. The van der Waals surface area contributed by atoms with Gasteiger partial charge in [-0.1, -0.05) is 0 Å². The second-order valence-electron chi connectivity index (χ2n) is 2.13. The van der Waals surface area contributed by atoms with Crippen LogP contribution in [0.4, 0.5) is 0 Å². The Bertz CT molecular complexity index is 257. The van der Waals surface area contributed by atoms with Crippen LogP contribution in [0, 0.1) is 0 Å². The molecule has 0 atom stereocenters. The third kappa shape index (κ3) is 1.48. The highest BCUT2D eigenvalue weighted by atomic mass is 79.9. The Balaban J connectivity index is 3.28. The van der Waals surface area contributed by atoms with Crippen LogP contribution in [0.5, 0.6) is 17.2 Å². The molecule has 0 heterocycles. The molecule has 1 aromatic carbocycles. The maximum Gasteiger partial charge on any atom is 0.204 e. The fourth-order valence-corrected chi connectivity index (χ4v) is 1.39. The van der Waals surface area contributed by atoms with Crippen molar-refractivity contribution in [1.29, 1.82) is 0 Å². The number of hydrogen-bond acceptors (Lipinski definition) is 3. The summed E-state index contributed by atoms with van der Waals surface area (Å²) in [6.45, 7) is 0. The first-order valence-electron chi connectivity index (χ1n) is 3.30. The maximum absolute atomic E-state index is 9.32. The summed E-state index contributed by atoms with van der Waals surface area (Å²) in [5.41, 5.74) is 0. The van der Waals surface area contributed by atoms with Gasteiger partial charge in [0.25, 0.3) is 0 Å². The number of halogens is 1. The van der Waals surface area contributed by atoms with Crippen molar-refractivity contribution < 1.29 is 14.6 Å². The lowest BCUT2D eigenvalue weighted by Crippen LogP contribution is -1.91. The van der Waals surface area contributed by atoms with E-state index in [1.807, 2.05) is 0 Å². The van der Waals surface area contributed by atoms with E-state index in [4.69, 9.17) is 9.47 Å². The van der Waals surface area contributed by atoms with Gasteiger partial charge in [0.15, 0.2) is 11.5 Å². The minimum absolute atomic E-state index is 0.0672. The molecular formula is C8H9BrO3. The summed E-state index contributed by atoms with van der Waals surface area (Å²) in [4.78, 5) is 0. The summed E-state index contributed by atoms with van der Waals surface area (Å²) in [6, 6.07) is 3.22. The van der Waals surface area contributed by atoms with Crippen LogP contribution in [0.2, 0.25) is 0 Å². The molecule has 12 heavy (non-hydrogen) atoms. The first kappa shape index (κ1) is 9.19. The van der Waals surface area contributed by atoms with E-state index in [2.05, 4.69) is 15.9 Å². The molecule has 66 valence electrons. The number of rotatable bonds is 2. The minimum atomic E-state index is 0.0672. The highest BCUT2D eigenvalue weighted by Crippen LogP contribution is 2.41. The van der Waals surface area contributed by atoms with Gasteiger partial charge in [-0.15, -0.1) is 0 Å². The zero-order chi connectivity index (χ0) is 9.14. The lowest BCUT2D eigenvalue weighted by Gasteiger charge is -2.09. The second kappa shape index (κ2) is 3.67. The lowest BCUT2D eigenvalue weighted by atomic mass is 10.3. The molecule has 0 aliphatic rings. The largest absolute Gasteiger partial charge is 0.504 e. The van der Waals surface area contributed by atoms with Gasteiger partial charge in [-0.2, -0.15) is 0 Å². The van der Waals surface area contributed by atoms with Gasteiger partial charge in [0.05, 0.1) is 18.7 Å². The summed E-state index contributed by atoms with van der Waals surface area (Å²) in [6.07, 6.45) is 0. The number of phenolic OH excluding ortho intramolecular Hbond substituents is 1. The normalized spacial score (nSPS) is 9.58. The van der Waals surface area contributed by atoms with Crippen molar-refractivity contribution in [1.82, 2.24) is 0 Å². The van der Waals surface area contributed by atoms with E-state index in [-0.39, 0.29) is 5.75 Å². The zero-order valence-electron chi connectivity index (χ0n) is 6.80. The number of phenols is 1. The molecule has 1 aromatic rings. The molecule has 0 aromatic heterocycles. The Morgan fingerprint density at radius 2 is 1.75 bits per heavy atom. The third-order valence-electron chi connectivity index (χ3n) is 1.45. The molecule has 0 amide bonds. The molecule has 1 N–H and O–H groups in total. The van der Waals surface area contributed by atoms with E-state index >= 15 is 0 Å². The van der Waals surface area contributed by atoms with Gasteiger partial charge in [-0.25, -0.2) is 0 Å². The van der Waals surface area contributed by atoms with Crippen molar-refractivity contribution in [3.05, 3.63) is 16.6 Å². The standard InChI is InChI=1S/C8H9BrO3/c1-11-7-5(9)3-4-6(10)8(7)12-2/h3-4,10H,1-2H3. The van der Waals surface area contributed by atoms with Gasteiger partial charge in [0, 0.05) is 0 Å². The van der Waals surface area contributed by atoms with E-state index in [1.54, 1.807) is 6.07 Å². The van der Waals surface area contributed by atoms with Crippen LogP contribution < -0.4 is 9.47 Å². The molecule has 0 aliphatic carbocycles. The van der Waals surface area contributed by atoms with Crippen molar-refractivity contribution in [3.8, 4) is 17.2 Å². The van der Waals surface area contributed by atoms with Crippen molar-refractivity contribution in [2.75, 3.05) is 14.2 Å². The number of aromatic hydroxyl groups is 1. The van der Waals surface area contributed by atoms with Gasteiger partial charge >= 0.3 is 0 Å². The molecule has 0 bridgehead atoms. The zero-order valence-corrected chi connectivity index (χ0v) is 8.38. The number of methoxy groups -OCH3 is 2. The van der Waals surface area contributed by atoms with Crippen LogP contribution in [-0.4, -0.2) is 19.3 Å². The predicted molar refractivity (Wildman–Crippen MR) is 48.9 cm³/mol. The van der Waals surface area contributed by atoms with E-state index in [0.717, 1.165) is 4.47 Å². The smallest absolute Gasteiger partial charge is 0.204 e. The van der Waals surface area contributed by atoms with Crippen molar-refractivity contribution in [3.63, 3.8) is 0 Å². The fourth-order valence-electron chi connectivity index (χ4n) is 0.916. The molecule has 0 saturated carbocycles. The van der Waals surface area contributed by atoms with Gasteiger partial charge in [0.2, 0.25) is 5.75 Å². The SMILES string of the molecule is COc1c(O)ccc(Br)c1OC. The van der Waals surface area contributed by atoms with E-state index in [0.29, 0.717) is 11.5 Å². The Hall–Kier alpha value is -0.900. The number of ether oxygens (including phenoxy) is 2. The van der Waals surface area contributed by atoms with Gasteiger partial charge < -0.3 is 14.6 Å². The Labute approximate surface area is 79.1 Å². The summed E-state index contributed by atoms with van der Waals surface area (Å²) in [5, 5.41) is 9.32. The van der Waals surface area contributed by atoms with Gasteiger partial charge in [-0.05, 0) is 28.1 Å². The van der Waals surface area contributed by atoms with Gasteiger partial charge in [-0.3, -0.25) is 0 Å².